The molecule has 0 unspecified atom stereocenters. The highest BCUT2D eigenvalue weighted by molar-refractivity contribution is 5.44. The van der Waals surface area contributed by atoms with E-state index in [1.165, 1.54) is 0 Å². The molecule has 0 bridgehead atoms. The third-order valence-corrected chi connectivity index (χ3v) is 1.67. The predicted molar refractivity (Wildman–Crippen MR) is 46.0 cm³/mol. The first-order valence-electron chi connectivity index (χ1n) is 4.10. The van der Waals surface area contributed by atoms with Crippen molar-refractivity contribution in [3.63, 3.8) is 0 Å². The Morgan fingerprint density at radius 3 is 2.77 bits per heavy atom. The van der Waals surface area contributed by atoms with Crippen molar-refractivity contribution in [1.82, 2.24) is 20.4 Å². The minimum Gasteiger partial charge on any atom is -0.419 e. The van der Waals surface area contributed by atoms with Gasteiger partial charge in [0, 0.05) is 12.1 Å². The van der Waals surface area contributed by atoms with Crippen molar-refractivity contribution in [2.45, 2.75) is 19.8 Å². The van der Waals surface area contributed by atoms with Crippen molar-refractivity contribution in [3.05, 3.63) is 18.2 Å². The third kappa shape index (κ3) is 1.44. The number of H-pyrrole nitrogens is 1. The highest BCUT2D eigenvalue weighted by Crippen LogP contribution is 2.18. The summed E-state index contributed by atoms with van der Waals surface area (Å²) in [6.07, 6.45) is 1.65. The van der Waals surface area contributed by atoms with Crippen LogP contribution in [-0.4, -0.2) is 20.4 Å². The highest BCUT2D eigenvalue weighted by atomic mass is 16.4. The summed E-state index contributed by atoms with van der Waals surface area (Å²) in [5.74, 6) is 1.38. The van der Waals surface area contributed by atoms with Gasteiger partial charge in [-0.3, -0.25) is 5.10 Å². The molecule has 0 aromatic carbocycles. The summed E-state index contributed by atoms with van der Waals surface area (Å²) in [6.45, 7) is 4.01. The molecular formula is C8H10N4O. The second-order valence-corrected chi connectivity index (χ2v) is 3.07. The molecule has 0 fully saturated rings. The molecule has 0 saturated carbocycles. The predicted octanol–water partition coefficient (Wildman–Crippen LogP) is 1.58. The molecule has 68 valence electrons. The average Bonchev–Trinajstić information content (AvgIpc) is 2.75. The highest BCUT2D eigenvalue weighted by Gasteiger charge is 2.11. The van der Waals surface area contributed by atoms with Crippen LogP contribution in [0.2, 0.25) is 0 Å². The van der Waals surface area contributed by atoms with Gasteiger partial charge >= 0.3 is 0 Å². The quantitative estimate of drug-likeness (QED) is 0.758. The Labute approximate surface area is 75.2 Å². The van der Waals surface area contributed by atoms with E-state index in [1.54, 1.807) is 12.3 Å². The number of aromatic nitrogens is 4. The third-order valence-electron chi connectivity index (χ3n) is 1.67. The fraction of sp³-hybridized carbons (Fsp3) is 0.375. The van der Waals surface area contributed by atoms with Crippen LogP contribution in [0, 0.1) is 0 Å². The first kappa shape index (κ1) is 7.97. The molecule has 0 aliphatic heterocycles. The smallest absolute Gasteiger partial charge is 0.265 e. The van der Waals surface area contributed by atoms with Gasteiger partial charge in [-0.2, -0.15) is 5.10 Å². The lowest BCUT2D eigenvalue weighted by atomic mass is 10.2. The number of hydrogen-bond donors (Lipinski definition) is 1. The van der Waals surface area contributed by atoms with Crippen LogP contribution in [0.5, 0.6) is 0 Å². The first-order chi connectivity index (χ1) is 6.27. The van der Waals surface area contributed by atoms with Gasteiger partial charge in [0.25, 0.3) is 5.89 Å². The molecule has 1 N–H and O–H groups in total. The lowest BCUT2D eigenvalue weighted by molar-refractivity contribution is 0.479. The molecule has 2 aromatic heterocycles. The van der Waals surface area contributed by atoms with Crippen LogP contribution in [-0.2, 0) is 0 Å². The van der Waals surface area contributed by atoms with Gasteiger partial charge < -0.3 is 4.42 Å². The lowest BCUT2D eigenvalue weighted by Gasteiger charge is -1.93. The largest absolute Gasteiger partial charge is 0.419 e. The Morgan fingerprint density at radius 1 is 1.38 bits per heavy atom. The number of nitrogens with zero attached hydrogens (tertiary/aromatic N) is 3. The van der Waals surface area contributed by atoms with Crippen molar-refractivity contribution >= 4 is 0 Å². The van der Waals surface area contributed by atoms with Gasteiger partial charge in [0.2, 0.25) is 5.89 Å². The molecule has 0 radical (unpaired) electrons. The van der Waals surface area contributed by atoms with Crippen LogP contribution >= 0.6 is 0 Å². The Bertz CT molecular complexity index is 377. The van der Waals surface area contributed by atoms with Crippen molar-refractivity contribution in [3.8, 4) is 11.6 Å². The molecule has 0 atom stereocenters. The van der Waals surface area contributed by atoms with Gasteiger partial charge in [-0.1, -0.05) is 13.8 Å². The minimum atomic E-state index is 0.254. The van der Waals surface area contributed by atoms with Crippen LogP contribution < -0.4 is 0 Å². The van der Waals surface area contributed by atoms with Crippen molar-refractivity contribution in [1.29, 1.82) is 0 Å². The van der Waals surface area contributed by atoms with Gasteiger partial charge in [-0.25, -0.2) is 0 Å². The second kappa shape index (κ2) is 3.01. The fourth-order valence-electron chi connectivity index (χ4n) is 0.952. The summed E-state index contributed by atoms with van der Waals surface area (Å²) >= 11 is 0. The number of rotatable bonds is 2. The molecule has 0 amide bonds. The molecule has 0 aliphatic rings. The summed E-state index contributed by atoms with van der Waals surface area (Å²) < 4.78 is 5.40. The lowest BCUT2D eigenvalue weighted by Crippen LogP contribution is -1.85. The zero-order chi connectivity index (χ0) is 9.26. The van der Waals surface area contributed by atoms with Crippen LogP contribution in [0.15, 0.2) is 16.7 Å². The van der Waals surface area contributed by atoms with Crippen LogP contribution in [0.1, 0.15) is 25.7 Å². The van der Waals surface area contributed by atoms with E-state index in [9.17, 15) is 0 Å². The van der Waals surface area contributed by atoms with E-state index in [1.807, 2.05) is 13.8 Å². The molecule has 2 rings (SSSR count). The molecule has 2 aromatic rings. The maximum absolute atomic E-state index is 5.40. The van der Waals surface area contributed by atoms with Gasteiger partial charge in [0.15, 0.2) is 0 Å². The van der Waals surface area contributed by atoms with Gasteiger partial charge in [-0.15, -0.1) is 10.2 Å². The molecule has 5 nitrogen and oxygen atoms in total. The van der Waals surface area contributed by atoms with Gasteiger partial charge in [-0.05, 0) is 6.07 Å². The van der Waals surface area contributed by atoms with Crippen LogP contribution in [0.25, 0.3) is 11.6 Å². The Kier molecular flexibility index (Phi) is 1.84. The fourth-order valence-corrected chi connectivity index (χ4v) is 0.952. The normalized spacial score (nSPS) is 11.0. The van der Waals surface area contributed by atoms with Crippen LogP contribution in [0.3, 0.4) is 0 Å². The first-order valence-corrected chi connectivity index (χ1v) is 4.10. The van der Waals surface area contributed by atoms with Crippen molar-refractivity contribution < 1.29 is 4.42 Å². The summed E-state index contributed by atoms with van der Waals surface area (Å²) in [7, 11) is 0. The molecule has 5 heteroatoms. The van der Waals surface area contributed by atoms with Crippen LogP contribution in [0.4, 0.5) is 0 Å². The van der Waals surface area contributed by atoms with Crippen molar-refractivity contribution in [2.75, 3.05) is 0 Å². The molecule has 2 heterocycles. The maximum Gasteiger partial charge on any atom is 0.265 e. The standard InChI is InChI=1S/C8H10N4O/c1-5(2)7-11-12-8(13-7)6-3-4-9-10-6/h3-5H,1-2H3,(H,9,10). The molecule has 0 aliphatic carbocycles. The van der Waals surface area contributed by atoms with E-state index >= 15 is 0 Å². The molecule has 13 heavy (non-hydrogen) atoms. The Hall–Kier alpha value is -1.65. The zero-order valence-corrected chi connectivity index (χ0v) is 7.48. The Balaban J connectivity index is 2.33. The van der Waals surface area contributed by atoms with E-state index in [2.05, 4.69) is 20.4 Å². The SMILES string of the molecule is CC(C)c1nnc(-c2ccn[nH]2)o1. The Morgan fingerprint density at radius 2 is 2.23 bits per heavy atom. The topological polar surface area (TPSA) is 67.6 Å². The zero-order valence-electron chi connectivity index (χ0n) is 7.48. The number of hydrogen-bond acceptors (Lipinski definition) is 4. The van der Waals surface area contributed by atoms with E-state index in [4.69, 9.17) is 4.42 Å². The summed E-state index contributed by atoms with van der Waals surface area (Å²) in [4.78, 5) is 0. The molecular weight excluding hydrogens is 168 g/mol. The van der Waals surface area contributed by atoms with Gasteiger partial charge in [0.05, 0.1) is 0 Å². The summed E-state index contributed by atoms with van der Waals surface area (Å²) in [5.41, 5.74) is 0.749. The summed E-state index contributed by atoms with van der Waals surface area (Å²) in [5, 5.41) is 14.4. The number of aromatic amines is 1. The van der Waals surface area contributed by atoms with E-state index in [-0.39, 0.29) is 5.92 Å². The van der Waals surface area contributed by atoms with Gasteiger partial charge in [0.1, 0.15) is 5.69 Å². The molecule has 0 saturated heterocycles. The molecule has 0 spiro atoms. The van der Waals surface area contributed by atoms with Crippen molar-refractivity contribution in [2.24, 2.45) is 0 Å². The van der Waals surface area contributed by atoms with E-state index < -0.39 is 0 Å². The average molecular weight is 178 g/mol. The van der Waals surface area contributed by atoms with E-state index in [0.717, 1.165) is 5.69 Å². The maximum atomic E-state index is 5.40. The number of nitrogens with one attached hydrogen (secondary N) is 1. The monoisotopic (exact) mass is 178 g/mol. The van der Waals surface area contributed by atoms with E-state index in [0.29, 0.717) is 11.8 Å². The second-order valence-electron chi connectivity index (χ2n) is 3.07. The summed E-state index contributed by atoms with van der Waals surface area (Å²) in [6, 6.07) is 1.79. The minimum absolute atomic E-state index is 0.254.